The van der Waals surface area contributed by atoms with Crippen LogP contribution in [0.3, 0.4) is 0 Å². The zero-order chi connectivity index (χ0) is 12.5. The van der Waals surface area contributed by atoms with Gasteiger partial charge in [-0.05, 0) is 38.6 Å². The summed E-state index contributed by atoms with van der Waals surface area (Å²) in [4.78, 5) is 14.8. The van der Waals surface area contributed by atoms with E-state index in [-0.39, 0.29) is 6.04 Å². The van der Waals surface area contributed by atoms with Gasteiger partial charge in [0.2, 0.25) is 5.91 Å². The van der Waals surface area contributed by atoms with Crippen molar-refractivity contribution in [2.75, 3.05) is 26.8 Å². The summed E-state index contributed by atoms with van der Waals surface area (Å²) in [5.41, 5.74) is 0. The Kier molecular flexibility index (Phi) is 3.57. The lowest BCUT2D eigenvalue weighted by atomic mass is 9.97. The lowest BCUT2D eigenvalue weighted by Gasteiger charge is -2.37. The van der Waals surface area contributed by atoms with E-state index < -0.39 is 0 Å². The zero-order valence-corrected chi connectivity index (χ0v) is 11.2. The molecule has 3 atom stereocenters. The molecule has 0 spiro atoms. The van der Waals surface area contributed by atoms with Crippen molar-refractivity contribution in [3.05, 3.63) is 0 Å². The highest BCUT2D eigenvalue weighted by molar-refractivity contribution is 5.82. The third-order valence-electron chi connectivity index (χ3n) is 4.94. The first-order valence-corrected chi connectivity index (χ1v) is 7.35. The van der Waals surface area contributed by atoms with Crippen LogP contribution in [0, 0.1) is 11.8 Å². The minimum atomic E-state index is 0.0385. The van der Waals surface area contributed by atoms with Crippen molar-refractivity contribution >= 4 is 5.91 Å². The van der Waals surface area contributed by atoms with Gasteiger partial charge in [0.15, 0.2) is 0 Å². The molecule has 0 aromatic carbocycles. The molecule has 102 valence electrons. The van der Waals surface area contributed by atoms with Crippen LogP contribution in [0.25, 0.3) is 0 Å². The Hall–Kier alpha value is -0.610. The maximum atomic E-state index is 12.6. The molecule has 0 bridgehead atoms. The van der Waals surface area contributed by atoms with Gasteiger partial charge in [-0.2, -0.15) is 0 Å². The molecule has 3 rings (SSSR count). The molecular formula is C14H24N2O2. The standard InChI is InChI=1S/C14H24N2O2/c1-15-12-6-5-11-3-2-4-13(11)16(14(12)17)7-10-8-18-9-10/h10-13,15H,2-9H2,1H3. The Morgan fingerprint density at radius 1 is 1.28 bits per heavy atom. The Labute approximate surface area is 109 Å². The minimum absolute atomic E-state index is 0.0385. The zero-order valence-electron chi connectivity index (χ0n) is 11.2. The maximum absolute atomic E-state index is 12.6. The largest absolute Gasteiger partial charge is 0.381 e. The van der Waals surface area contributed by atoms with Crippen LogP contribution in [-0.2, 0) is 9.53 Å². The predicted molar refractivity (Wildman–Crippen MR) is 69.2 cm³/mol. The highest BCUT2D eigenvalue weighted by atomic mass is 16.5. The Balaban J connectivity index is 1.76. The molecule has 2 heterocycles. The van der Waals surface area contributed by atoms with Gasteiger partial charge in [0.1, 0.15) is 0 Å². The average molecular weight is 252 g/mol. The fraction of sp³-hybridized carbons (Fsp3) is 0.929. The average Bonchev–Trinajstić information content (AvgIpc) is 2.72. The van der Waals surface area contributed by atoms with E-state index in [0.29, 0.717) is 17.9 Å². The van der Waals surface area contributed by atoms with E-state index in [1.807, 2.05) is 7.05 Å². The summed E-state index contributed by atoms with van der Waals surface area (Å²) in [5.74, 6) is 1.65. The van der Waals surface area contributed by atoms with Gasteiger partial charge in [-0.3, -0.25) is 4.79 Å². The monoisotopic (exact) mass is 252 g/mol. The fourth-order valence-electron chi connectivity index (χ4n) is 3.79. The summed E-state index contributed by atoms with van der Waals surface area (Å²) in [6.45, 7) is 2.59. The lowest BCUT2D eigenvalue weighted by Crippen LogP contribution is -2.52. The smallest absolute Gasteiger partial charge is 0.239 e. The van der Waals surface area contributed by atoms with Gasteiger partial charge in [-0.15, -0.1) is 0 Å². The number of amides is 1. The van der Waals surface area contributed by atoms with E-state index in [1.165, 1.54) is 25.7 Å². The van der Waals surface area contributed by atoms with E-state index in [0.717, 1.165) is 32.1 Å². The molecular weight excluding hydrogens is 228 g/mol. The number of ether oxygens (including phenoxy) is 1. The summed E-state index contributed by atoms with van der Waals surface area (Å²) in [6.07, 6.45) is 6.03. The van der Waals surface area contributed by atoms with Crippen LogP contribution in [0.2, 0.25) is 0 Å². The Bertz CT molecular complexity index is 317. The molecule has 3 fully saturated rings. The molecule has 3 aliphatic rings. The molecule has 3 unspecified atom stereocenters. The van der Waals surface area contributed by atoms with E-state index >= 15 is 0 Å². The third-order valence-corrected chi connectivity index (χ3v) is 4.94. The van der Waals surface area contributed by atoms with E-state index in [1.54, 1.807) is 0 Å². The normalized spacial score (nSPS) is 37.3. The number of likely N-dealkylation sites (N-methyl/N-ethyl adjacent to an activating group) is 1. The van der Waals surface area contributed by atoms with Crippen LogP contribution < -0.4 is 5.32 Å². The molecule has 1 aliphatic carbocycles. The number of likely N-dealkylation sites (tertiary alicyclic amines) is 1. The van der Waals surface area contributed by atoms with E-state index in [2.05, 4.69) is 10.2 Å². The molecule has 2 aliphatic heterocycles. The molecule has 0 aromatic heterocycles. The number of carbonyl (C=O) groups excluding carboxylic acids is 1. The first kappa shape index (κ1) is 12.4. The van der Waals surface area contributed by atoms with Gasteiger partial charge >= 0.3 is 0 Å². The van der Waals surface area contributed by atoms with Gasteiger partial charge < -0.3 is 15.0 Å². The summed E-state index contributed by atoms with van der Waals surface area (Å²) in [7, 11) is 1.91. The van der Waals surface area contributed by atoms with Crippen molar-refractivity contribution < 1.29 is 9.53 Å². The molecule has 1 N–H and O–H groups in total. The second kappa shape index (κ2) is 5.17. The summed E-state index contributed by atoms with van der Waals surface area (Å²) < 4.78 is 5.25. The van der Waals surface area contributed by atoms with Gasteiger partial charge in [0.05, 0.1) is 19.3 Å². The number of hydrogen-bond acceptors (Lipinski definition) is 3. The number of carbonyl (C=O) groups is 1. The van der Waals surface area contributed by atoms with Crippen LogP contribution >= 0.6 is 0 Å². The first-order chi connectivity index (χ1) is 8.79. The van der Waals surface area contributed by atoms with Gasteiger partial charge in [-0.25, -0.2) is 0 Å². The summed E-state index contributed by atoms with van der Waals surface area (Å²) in [6, 6.07) is 0.549. The molecule has 2 saturated heterocycles. The second-order valence-corrected chi connectivity index (χ2v) is 6.07. The molecule has 18 heavy (non-hydrogen) atoms. The fourth-order valence-corrected chi connectivity index (χ4v) is 3.79. The minimum Gasteiger partial charge on any atom is -0.381 e. The number of nitrogens with zero attached hydrogens (tertiary/aromatic N) is 1. The molecule has 4 nitrogen and oxygen atoms in total. The lowest BCUT2D eigenvalue weighted by molar-refractivity contribution is -0.139. The van der Waals surface area contributed by atoms with E-state index in [9.17, 15) is 4.79 Å². The van der Waals surface area contributed by atoms with Crippen molar-refractivity contribution in [2.45, 2.75) is 44.2 Å². The van der Waals surface area contributed by atoms with Crippen molar-refractivity contribution in [3.63, 3.8) is 0 Å². The van der Waals surface area contributed by atoms with Crippen LogP contribution in [0.5, 0.6) is 0 Å². The Morgan fingerprint density at radius 3 is 2.78 bits per heavy atom. The SMILES string of the molecule is CNC1CCC2CCCC2N(CC2COC2)C1=O. The van der Waals surface area contributed by atoms with Crippen molar-refractivity contribution in [1.29, 1.82) is 0 Å². The van der Waals surface area contributed by atoms with Crippen molar-refractivity contribution in [2.24, 2.45) is 11.8 Å². The highest BCUT2D eigenvalue weighted by Crippen LogP contribution is 2.37. The third kappa shape index (κ3) is 2.16. The van der Waals surface area contributed by atoms with Gasteiger partial charge in [0.25, 0.3) is 0 Å². The first-order valence-electron chi connectivity index (χ1n) is 7.35. The number of hydrogen-bond donors (Lipinski definition) is 1. The summed E-state index contributed by atoms with van der Waals surface area (Å²) >= 11 is 0. The Morgan fingerprint density at radius 2 is 2.11 bits per heavy atom. The molecule has 1 saturated carbocycles. The molecule has 1 amide bonds. The van der Waals surface area contributed by atoms with Crippen LogP contribution in [-0.4, -0.2) is 49.7 Å². The van der Waals surface area contributed by atoms with Gasteiger partial charge in [-0.1, -0.05) is 6.42 Å². The quantitative estimate of drug-likeness (QED) is 0.815. The number of nitrogens with one attached hydrogen (secondary N) is 1. The molecule has 0 aromatic rings. The van der Waals surface area contributed by atoms with E-state index in [4.69, 9.17) is 4.74 Å². The van der Waals surface area contributed by atoms with Crippen molar-refractivity contribution in [1.82, 2.24) is 10.2 Å². The summed E-state index contributed by atoms with van der Waals surface area (Å²) in [5, 5.41) is 3.20. The van der Waals surface area contributed by atoms with Crippen LogP contribution in [0.1, 0.15) is 32.1 Å². The van der Waals surface area contributed by atoms with Crippen molar-refractivity contribution in [3.8, 4) is 0 Å². The topological polar surface area (TPSA) is 41.6 Å². The number of rotatable bonds is 3. The number of fused-ring (bicyclic) bond motifs is 1. The molecule has 4 heteroatoms. The highest BCUT2D eigenvalue weighted by Gasteiger charge is 2.41. The van der Waals surface area contributed by atoms with Crippen LogP contribution in [0.4, 0.5) is 0 Å². The maximum Gasteiger partial charge on any atom is 0.239 e. The van der Waals surface area contributed by atoms with Gasteiger partial charge in [0, 0.05) is 18.5 Å². The second-order valence-electron chi connectivity index (χ2n) is 6.07. The predicted octanol–water partition coefficient (Wildman–Crippen LogP) is 1.01. The molecule has 0 radical (unpaired) electrons. The van der Waals surface area contributed by atoms with Crippen LogP contribution in [0.15, 0.2) is 0 Å².